The maximum Gasteiger partial charge on any atom is 0.307 e. The molecule has 7 heteroatoms. The lowest BCUT2D eigenvalue weighted by molar-refractivity contribution is -0.143. The molecule has 2 atom stereocenters. The van der Waals surface area contributed by atoms with Crippen LogP contribution < -0.4 is 10.1 Å². The van der Waals surface area contributed by atoms with Crippen LogP contribution in [0.15, 0.2) is 140 Å². The molecule has 5 aromatic rings. The molecular weight excluding hydrogens is 575 g/mol. The van der Waals surface area contributed by atoms with Crippen molar-refractivity contribution in [3.63, 3.8) is 0 Å². The lowest BCUT2D eigenvalue weighted by atomic mass is 9.76. The summed E-state index contributed by atoms with van der Waals surface area (Å²) < 4.78 is 51.0. The lowest BCUT2D eigenvalue weighted by Gasteiger charge is -2.40. The molecule has 0 aliphatic heterocycles. The molecule has 0 radical (unpaired) electrons. The number of halogens is 3. The Hall–Kier alpha value is -4.88. The summed E-state index contributed by atoms with van der Waals surface area (Å²) in [5.41, 5.74) is 3.62. The third kappa shape index (κ3) is 7.27. The minimum atomic E-state index is -3.31. The number of benzene rings is 5. The SMILES string of the molecule is CCOC(=O)CC(NC(c1ccccc1)(c1ccccc1)c1ccccc1)c1ccc(OC(F)C(F)F)c(-c2ccccc2)c1. The number of nitrogens with one attached hydrogen (secondary N) is 1. The predicted molar refractivity (Wildman–Crippen MR) is 170 cm³/mol. The van der Waals surface area contributed by atoms with Crippen molar-refractivity contribution in [1.29, 1.82) is 0 Å². The summed E-state index contributed by atoms with van der Waals surface area (Å²) in [6.45, 7) is 1.96. The molecule has 0 aromatic heterocycles. The summed E-state index contributed by atoms with van der Waals surface area (Å²) in [7, 11) is 0. The fourth-order valence-corrected chi connectivity index (χ4v) is 5.60. The van der Waals surface area contributed by atoms with Gasteiger partial charge >= 0.3 is 12.4 Å². The Kier molecular flexibility index (Phi) is 10.3. The third-order valence-electron chi connectivity index (χ3n) is 7.62. The Morgan fingerprint density at radius 1 is 0.711 bits per heavy atom. The van der Waals surface area contributed by atoms with Gasteiger partial charge in [0.15, 0.2) is 0 Å². The number of alkyl halides is 3. The largest absolute Gasteiger partial charge is 0.466 e. The molecule has 0 aliphatic rings. The zero-order chi connectivity index (χ0) is 31.6. The number of ether oxygens (including phenoxy) is 2. The van der Waals surface area contributed by atoms with Gasteiger partial charge in [-0.05, 0) is 46.9 Å². The van der Waals surface area contributed by atoms with E-state index < -0.39 is 30.3 Å². The van der Waals surface area contributed by atoms with Crippen LogP contribution in [0.2, 0.25) is 0 Å². The van der Waals surface area contributed by atoms with Crippen LogP contribution in [0.4, 0.5) is 13.2 Å². The minimum Gasteiger partial charge on any atom is -0.466 e. The average Bonchev–Trinajstić information content (AvgIpc) is 3.08. The van der Waals surface area contributed by atoms with E-state index in [0.717, 1.165) is 16.7 Å². The van der Waals surface area contributed by atoms with Crippen molar-refractivity contribution < 1.29 is 27.4 Å². The van der Waals surface area contributed by atoms with E-state index in [1.165, 1.54) is 6.07 Å². The highest BCUT2D eigenvalue weighted by Gasteiger charge is 2.39. The van der Waals surface area contributed by atoms with E-state index in [1.807, 2.05) is 97.1 Å². The third-order valence-corrected chi connectivity index (χ3v) is 7.62. The molecule has 0 saturated heterocycles. The molecule has 0 heterocycles. The lowest BCUT2D eigenvalue weighted by Crippen LogP contribution is -2.47. The summed E-state index contributed by atoms with van der Waals surface area (Å²) in [5.74, 6) is -0.450. The van der Waals surface area contributed by atoms with Crippen LogP contribution in [0.5, 0.6) is 5.75 Å². The summed E-state index contributed by atoms with van der Waals surface area (Å²) in [4.78, 5) is 13.1. The minimum absolute atomic E-state index is 0.0342. The van der Waals surface area contributed by atoms with Crippen LogP contribution >= 0.6 is 0 Å². The number of carbonyl (C=O) groups is 1. The zero-order valence-electron chi connectivity index (χ0n) is 24.8. The molecule has 5 aromatic carbocycles. The monoisotopic (exact) mass is 609 g/mol. The molecule has 2 unspecified atom stereocenters. The molecule has 0 fully saturated rings. The number of esters is 1. The quantitative estimate of drug-likeness (QED) is 0.107. The van der Waals surface area contributed by atoms with E-state index in [2.05, 4.69) is 5.32 Å². The number of hydrogen-bond donors (Lipinski definition) is 1. The summed E-state index contributed by atoms with van der Waals surface area (Å²) in [6.07, 6.45) is -6.15. The van der Waals surface area contributed by atoms with Gasteiger partial charge in [-0.25, -0.2) is 8.78 Å². The van der Waals surface area contributed by atoms with Gasteiger partial charge in [0.1, 0.15) is 5.75 Å². The molecular formula is C38H34F3NO3. The number of carbonyl (C=O) groups excluding carboxylic acids is 1. The molecule has 0 spiro atoms. The molecule has 0 aliphatic carbocycles. The van der Waals surface area contributed by atoms with Gasteiger partial charge in [-0.1, -0.05) is 127 Å². The summed E-state index contributed by atoms with van der Waals surface area (Å²) in [6, 6.07) is 43.1. The van der Waals surface area contributed by atoms with Crippen LogP contribution in [0.25, 0.3) is 11.1 Å². The standard InChI is InChI=1S/C38H34F3NO3/c1-2-44-35(43)26-33(28-23-24-34(45-37(41)36(39)40)32(25-28)27-15-7-3-8-16-27)42-38(29-17-9-4-10-18-29,30-19-11-5-12-20-30)31-21-13-6-14-22-31/h3-25,33,36-37,42H,2,26H2,1H3. The molecule has 0 amide bonds. The van der Waals surface area contributed by atoms with E-state index in [0.29, 0.717) is 16.7 Å². The van der Waals surface area contributed by atoms with Crippen LogP contribution in [-0.2, 0) is 15.1 Å². The summed E-state index contributed by atoms with van der Waals surface area (Å²) in [5, 5.41) is 3.84. The Morgan fingerprint density at radius 3 is 1.67 bits per heavy atom. The maximum absolute atomic E-state index is 14.2. The molecule has 230 valence electrons. The maximum atomic E-state index is 14.2. The van der Waals surface area contributed by atoms with E-state index in [9.17, 15) is 18.0 Å². The van der Waals surface area contributed by atoms with Gasteiger partial charge in [0, 0.05) is 11.6 Å². The van der Waals surface area contributed by atoms with Crippen molar-refractivity contribution in [2.45, 2.75) is 37.7 Å². The number of rotatable bonds is 13. The van der Waals surface area contributed by atoms with Crippen LogP contribution in [0, 0.1) is 0 Å². The highest BCUT2D eigenvalue weighted by Crippen LogP contribution is 2.41. The van der Waals surface area contributed by atoms with Crippen molar-refractivity contribution in [3.8, 4) is 16.9 Å². The van der Waals surface area contributed by atoms with Gasteiger partial charge in [0.2, 0.25) is 0 Å². The zero-order valence-corrected chi connectivity index (χ0v) is 24.8. The predicted octanol–water partition coefficient (Wildman–Crippen LogP) is 8.87. The molecule has 0 bridgehead atoms. The summed E-state index contributed by atoms with van der Waals surface area (Å²) >= 11 is 0. The van der Waals surface area contributed by atoms with Crippen molar-refractivity contribution in [3.05, 3.63) is 162 Å². The van der Waals surface area contributed by atoms with Gasteiger partial charge in [-0.2, -0.15) is 4.39 Å². The Morgan fingerprint density at radius 2 is 1.20 bits per heavy atom. The van der Waals surface area contributed by atoms with Gasteiger partial charge < -0.3 is 9.47 Å². The second kappa shape index (κ2) is 14.7. The topological polar surface area (TPSA) is 47.6 Å². The van der Waals surface area contributed by atoms with E-state index in [4.69, 9.17) is 9.47 Å². The molecule has 4 nitrogen and oxygen atoms in total. The van der Waals surface area contributed by atoms with Gasteiger partial charge in [0.25, 0.3) is 6.36 Å². The van der Waals surface area contributed by atoms with E-state index >= 15 is 0 Å². The first-order valence-corrected chi connectivity index (χ1v) is 14.8. The highest BCUT2D eigenvalue weighted by molar-refractivity contribution is 5.73. The van der Waals surface area contributed by atoms with E-state index in [-0.39, 0.29) is 18.8 Å². The number of hydrogen-bond acceptors (Lipinski definition) is 4. The Balaban J connectivity index is 1.71. The first kappa shape index (κ1) is 31.5. The van der Waals surface area contributed by atoms with Crippen molar-refractivity contribution in [2.24, 2.45) is 0 Å². The molecule has 5 rings (SSSR count). The second-order valence-corrected chi connectivity index (χ2v) is 10.5. The molecule has 0 saturated carbocycles. The fraction of sp³-hybridized carbons (Fsp3) is 0.184. The van der Waals surface area contributed by atoms with Gasteiger partial charge in [-0.15, -0.1) is 0 Å². The first-order chi connectivity index (χ1) is 21.9. The Bertz CT molecular complexity index is 1560. The van der Waals surface area contributed by atoms with Crippen LogP contribution in [-0.4, -0.2) is 25.4 Å². The van der Waals surface area contributed by atoms with Crippen molar-refractivity contribution in [2.75, 3.05) is 6.61 Å². The Labute approximate surface area is 261 Å². The van der Waals surface area contributed by atoms with Crippen molar-refractivity contribution in [1.82, 2.24) is 5.32 Å². The average molecular weight is 610 g/mol. The smallest absolute Gasteiger partial charge is 0.307 e. The first-order valence-electron chi connectivity index (χ1n) is 14.8. The van der Waals surface area contributed by atoms with Crippen LogP contribution in [0.1, 0.15) is 41.6 Å². The van der Waals surface area contributed by atoms with E-state index in [1.54, 1.807) is 43.3 Å². The van der Waals surface area contributed by atoms with Crippen LogP contribution in [0.3, 0.4) is 0 Å². The fourth-order valence-electron chi connectivity index (χ4n) is 5.60. The molecule has 45 heavy (non-hydrogen) atoms. The molecule has 1 N–H and O–H groups in total. The normalized spacial score (nSPS) is 12.8. The second-order valence-electron chi connectivity index (χ2n) is 10.5. The van der Waals surface area contributed by atoms with Gasteiger partial charge in [-0.3, -0.25) is 10.1 Å². The highest BCUT2D eigenvalue weighted by atomic mass is 19.3. The van der Waals surface area contributed by atoms with Crippen molar-refractivity contribution >= 4 is 5.97 Å². The van der Waals surface area contributed by atoms with Gasteiger partial charge in [0.05, 0.1) is 18.6 Å².